The maximum Gasteiger partial charge on any atom is 0.416 e. The molecule has 40 heavy (non-hydrogen) atoms. The third kappa shape index (κ3) is 7.41. The number of benzene rings is 2. The van der Waals surface area contributed by atoms with Crippen LogP contribution in [0.4, 0.5) is 42.5 Å². The molecule has 1 aliphatic heterocycles. The second kappa shape index (κ2) is 12.1. The maximum atomic E-state index is 13.1. The highest BCUT2D eigenvalue weighted by molar-refractivity contribution is 7.80. The smallest absolute Gasteiger partial charge is 0.416 e. The Hall–Kier alpha value is -3.85. The normalized spacial score (nSPS) is 16.0. The first-order valence-corrected chi connectivity index (χ1v) is 11.9. The minimum atomic E-state index is -5.07. The van der Waals surface area contributed by atoms with Gasteiger partial charge in [-0.3, -0.25) is 0 Å². The highest BCUT2D eigenvalue weighted by atomic mass is 32.1. The van der Waals surface area contributed by atoms with Crippen molar-refractivity contribution >= 4 is 40.7 Å². The van der Waals surface area contributed by atoms with Crippen LogP contribution in [0.3, 0.4) is 0 Å². The summed E-state index contributed by atoms with van der Waals surface area (Å²) in [7, 11) is 3.11. The Morgan fingerprint density at radius 1 is 0.975 bits per heavy atom. The summed E-state index contributed by atoms with van der Waals surface area (Å²) in [5.74, 6) is -0.637. The van der Waals surface area contributed by atoms with Gasteiger partial charge in [0.25, 0.3) is 0 Å². The van der Waals surface area contributed by atoms with Crippen molar-refractivity contribution in [3.8, 4) is 0 Å². The molecular formula is C25H24F6N4O4S. The highest BCUT2D eigenvalue weighted by Gasteiger charge is 2.37. The lowest BCUT2D eigenvalue weighted by molar-refractivity contribution is -0.143. The molecule has 1 unspecified atom stereocenters. The molecule has 1 atom stereocenters. The number of nitrogens with zero attached hydrogens (tertiary/aromatic N) is 1. The third-order valence-electron chi connectivity index (χ3n) is 5.82. The van der Waals surface area contributed by atoms with E-state index in [-0.39, 0.29) is 30.5 Å². The number of carbonyl (C=O) groups is 2. The van der Waals surface area contributed by atoms with Gasteiger partial charge >= 0.3 is 24.4 Å². The molecule has 3 rings (SSSR count). The monoisotopic (exact) mass is 590 g/mol. The fourth-order valence-corrected chi connectivity index (χ4v) is 4.02. The molecule has 2 aromatic carbocycles. The van der Waals surface area contributed by atoms with Crippen molar-refractivity contribution in [1.29, 1.82) is 0 Å². The summed E-state index contributed by atoms with van der Waals surface area (Å²) in [5.41, 5.74) is -2.52. The largest absolute Gasteiger partial charge is 0.460 e. The van der Waals surface area contributed by atoms with E-state index in [2.05, 4.69) is 10.6 Å². The van der Waals surface area contributed by atoms with E-state index in [1.54, 1.807) is 24.9 Å². The minimum Gasteiger partial charge on any atom is -0.460 e. The molecule has 1 aliphatic rings. The zero-order valence-corrected chi connectivity index (χ0v) is 22.1. The lowest BCUT2D eigenvalue weighted by Crippen LogP contribution is -2.46. The van der Waals surface area contributed by atoms with Crippen LogP contribution in [-0.4, -0.2) is 49.4 Å². The van der Waals surface area contributed by atoms with Crippen LogP contribution < -0.4 is 16.0 Å². The predicted octanol–water partition coefficient (Wildman–Crippen LogP) is 5.69. The molecule has 0 fully saturated rings. The molecule has 0 aliphatic carbocycles. The Labute approximate surface area is 230 Å². The lowest BCUT2D eigenvalue weighted by Gasteiger charge is -2.35. The number of rotatable bonds is 7. The van der Waals surface area contributed by atoms with E-state index in [9.17, 15) is 35.9 Å². The number of hydrogen-bond acceptors (Lipinski definition) is 5. The van der Waals surface area contributed by atoms with Gasteiger partial charge in [0, 0.05) is 31.2 Å². The number of methoxy groups -OCH3 is 1. The number of esters is 1. The van der Waals surface area contributed by atoms with Crippen LogP contribution in [0.15, 0.2) is 53.7 Å². The quantitative estimate of drug-likeness (QED) is 0.165. The Kier molecular flexibility index (Phi) is 9.30. The number of anilines is 2. The zero-order valence-electron chi connectivity index (χ0n) is 21.3. The van der Waals surface area contributed by atoms with Gasteiger partial charge in [0.1, 0.15) is 6.61 Å². The average molecular weight is 591 g/mol. The van der Waals surface area contributed by atoms with Gasteiger partial charge in [-0.15, -0.1) is 0 Å². The van der Waals surface area contributed by atoms with E-state index in [1.807, 2.05) is 5.32 Å². The summed E-state index contributed by atoms with van der Waals surface area (Å²) in [5, 5.41) is 7.70. The molecule has 1 heterocycles. The summed E-state index contributed by atoms with van der Waals surface area (Å²) >= 11 is 5.35. The van der Waals surface area contributed by atoms with E-state index in [1.165, 1.54) is 25.3 Å². The molecule has 0 aromatic heterocycles. The summed E-state index contributed by atoms with van der Waals surface area (Å²) < 4.78 is 89.0. The van der Waals surface area contributed by atoms with Crippen LogP contribution in [-0.2, 0) is 26.6 Å². The summed E-state index contributed by atoms with van der Waals surface area (Å²) in [4.78, 5) is 27.0. The maximum absolute atomic E-state index is 13.1. The molecule has 216 valence electrons. The molecule has 0 spiro atoms. The number of allylic oxidation sites excluding steroid dienone is 1. The van der Waals surface area contributed by atoms with E-state index in [0.717, 1.165) is 0 Å². The summed E-state index contributed by atoms with van der Waals surface area (Å²) in [6.07, 6.45) is -10.1. The molecule has 0 saturated heterocycles. The fraction of sp³-hybridized carbons (Fsp3) is 0.320. The minimum absolute atomic E-state index is 0.000350. The van der Waals surface area contributed by atoms with Gasteiger partial charge < -0.3 is 30.3 Å². The molecule has 0 bridgehead atoms. The first-order valence-electron chi connectivity index (χ1n) is 11.5. The number of carbonyl (C=O) groups excluding carboxylic acids is 2. The van der Waals surface area contributed by atoms with Crippen molar-refractivity contribution in [3.05, 3.63) is 70.4 Å². The Morgan fingerprint density at radius 2 is 1.57 bits per heavy atom. The Bertz CT molecular complexity index is 1300. The van der Waals surface area contributed by atoms with Gasteiger partial charge in [0.05, 0.1) is 29.3 Å². The zero-order chi connectivity index (χ0) is 29.8. The van der Waals surface area contributed by atoms with Crippen LogP contribution in [0.25, 0.3) is 0 Å². The van der Waals surface area contributed by atoms with Crippen molar-refractivity contribution in [2.75, 3.05) is 38.0 Å². The number of alkyl halides is 6. The van der Waals surface area contributed by atoms with Gasteiger partial charge in [0.15, 0.2) is 5.11 Å². The molecule has 3 N–H and O–H groups in total. The molecule has 2 amide bonds. The number of urea groups is 1. The predicted molar refractivity (Wildman–Crippen MR) is 137 cm³/mol. The molecule has 0 radical (unpaired) electrons. The van der Waals surface area contributed by atoms with Crippen LogP contribution in [0.5, 0.6) is 0 Å². The van der Waals surface area contributed by atoms with Gasteiger partial charge in [0.2, 0.25) is 0 Å². The van der Waals surface area contributed by atoms with Gasteiger partial charge in [-0.05, 0) is 55.0 Å². The van der Waals surface area contributed by atoms with Crippen LogP contribution in [0.1, 0.15) is 29.7 Å². The first-order chi connectivity index (χ1) is 18.6. The average Bonchev–Trinajstić information content (AvgIpc) is 2.86. The molecule has 2 aromatic rings. The standard InChI is InChI=1S/C25H24F6N4O4S/c1-13-19(21(36)39-8-7-38-3)20(34-23(40)35(13)2)14-5-4-6-17(9-14)32-22(37)33-18-11-15(24(26,27)28)10-16(12-18)25(29,30)31/h4-6,9-12,20H,7-8H2,1-3H3,(H,34,40)(H2,32,33,37). The Balaban J connectivity index is 1.86. The summed E-state index contributed by atoms with van der Waals surface area (Å²) in [6, 6.07) is 4.93. The number of halogens is 6. The lowest BCUT2D eigenvalue weighted by atomic mass is 9.95. The Morgan fingerprint density at radius 3 is 2.15 bits per heavy atom. The van der Waals surface area contributed by atoms with Crippen molar-refractivity contribution in [3.63, 3.8) is 0 Å². The molecular weight excluding hydrogens is 566 g/mol. The van der Waals surface area contributed by atoms with E-state index in [0.29, 0.717) is 28.5 Å². The second-order valence-corrected chi connectivity index (χ2v) is 8.96. The SMILES string of the molecule is COCCOC(=O)C1=C(C)N(C)C(=S)NC1c1cccc(NC(=O)Nc2cc(C(F)(F)F)cc(C(F)(F)F)c2)c1. The second-order valence-electron chi connectivity index (χ2n) is 8.57. The first kappa shape index (κ1) is 30.7. The van der Waals surface area contributed by atoms with Crippen molar-refractivity contribution in [2.24, 2.45) is 0 Å². The topological polar surface area (TPSA) is 91.9 Å². The van der Waals surface area contributed by atoms with Crippen molar-refractivity contribution < 1.29 is 45.4 Å². The number of hydrogen-bond donors (Lipinski definition) is 3. The number of thiocarbonyl (C=S) groups is 1. The van der Waals surface area contributed by atoms with E-state index >= 15 is 0 Å². The van der Waals surface area contributed by atoms with Crippen LogP contribution in [0, 0.1) is 0 Å². The van der Waals surface area contributed by atoms with Gasteiger partial charge in [-0.25, -0.2) is 9.59 Å². The highest BCUT2D eigenvalue weighted by Crippen LogP contribution is 2.38. The number of ether oxygens (including phenoxy) is 2. The third-order valence-corrected chi connectivity index (χ3v) is 6.21. The number of amides is 2. The van der Waals surface area contributed by atoms with E-state index in [4.69, 9.17) is 21.7 Å². The van der Waals surface area contributed by atoms with Gasteiger partial charge in [-0.2, -0.15) is 26.3 Å². The van der Waals surface area contributed by atoms with Crippen LogP contribution >= 0.6 is 12.2 Å². The molecule has 15 heteroatoms. The van der Waals surface area contributed by atoms with Crippen molar-refractivity contribution in [1.82, 2.24) is 10.2 Å². The molecule has 8 nitrogen and oxygen atoms in total. The van der Waals surface area contributed by atoms with E-state index < -0.39 is 47.2 Å². The summed E-state index contributed by atoms with van der Waals surface area (Å²) in [6.45, 7) is 1.85. The van der Waals surface area contributed by atoms with Crippen molar-refractivity contribution in [2.45, 2.75) is 25.3 Å². The fourth-order valence-electron chi connectivity index (χ4n) is 3.76. The number of nitrogens with one attached hydrogen (secondary N) is 3. The molecule has 0 saturated carbocycles. The van der Waals surface area contributed by atoms with Crippen LogP contribution in [0.2, 0.25) is 0 Å². The van der Waals surface area contributed by atoms with Gasteiger partial charge in [-0.1, -0.05) is 12.1 Å².